The highest BCUT2D eigenvalue weighted by atomic mass is 16.5. The quantitative estimate of drug-likeness (QED) is 0.436. The maximum atomic E-state index is 8.76. The van der Waals surface area contributed by atoms with Crippen molar-refractivity contribution < 1.29 is 9.42 Å². The van der Waals surface area contributed by atoms with Gasteiger partial charge in [-0.15, -0.1) is 0 Å². The topological polar surface area (TPSA) is 72.1 Å². The first kappa shape index (κ1) is 10.8. The molecule has 0 aliphatic heterocycles. The lowest BCUT2D eigenvalue weighted by atomic mass is 10.2. The fourth-order valence-corrected chi connectivity index (χ4v) is 1.52. The lowest BCUT2D eigenvalue weighted by Gasteiger charge is -2.02. The number of methoxy groups -OCH3 is 1. The Morgan fingerprint density at radius 2 is 2.35 bits per heavy atom. The first-order valence-corrected chi connectivity index (χ1v) is 4.82. The second-order valence-corrected chi connectivity index (χ2v) is 3.25. The third-order valence-electron chi connectivity index (χ3n) is 2.33. The van der Waals surface area contributed by atoms with E-state index in [-0.39, 0.29) is 5.70 Å². The average Bonchev–Trinajstić information content (AvgIpc) is 2.39. The van der Waals surface area contributed by atoms with Crippen molar-refractivity contribution in [3.63, 3.8) is 0 Å². The second-order valence-electron chi connectivity index (χ2n) is 3.25. The number of ether oxygens (including phenoxy) is 1. The summed E-state index contributed by atoms with van der Waals surface area (Å²) < 4.78 is 6.45. The molecule has 5 nitrogen and oxygen atoms in total. The summed E-state index contributed by atoms with van der Waals surface area (Å²) in [4.78, 5) is 0. The second kappa shape index (κ2) is 4.44. The Kier molecular flexibility index (Phi) is 2.82. The van der Waals surface area contributed by atoms with E-state index in [9.17, 15) is 0 Å². The van der Waals surface area contributed by atoms with Crippen LogP contribution < -0.4 is 9.42 Å². The molecule has 1 aromatic heterocycles. The molecule has 0 saturated heterocycles. The van der Waals surface area contributed by atoms with Crippen LogP contribution in [-0.2, 0) is 0 Å². The van der Waals surface area contributed by atoms with E-state index in [4.69, 9.17) is 15.4 Å². The van der Waals surface area contributed by atoms with Crippen LogP contribution in [0.25, 0.3) is 21.9 Å². The zero-order chi connectivity index (χ0) is 12.3. The highest BCUT2D eigenvalue weighted by molar-refractivity contribution is 5.87. The number of aromatic nitrogens is 2. The molecule has 2 rings (SSSR count). The molecule has 5 heteroatoms. The summed E-state index contributed by atoms with van der Waals surface area (Å²) >= 11 is 0. The standard InChI is InChI=1S/C12H8N4O/c1-17-12-4-2-3-9-8-16(10(5-13)6-14)15-7-11(9)12/h2-4,7-8H,1H3. The van der Waals surface area contributed by atoms with Gasteiger partial charge in [0.05, 0.1) is 17.9 Å². The van der Waals surface area contributed by atoms with E-state index in [0.717, 1.165) is 10.8 Å². The van der Waals surface area contributed by atoms with Crippen LogP contribution in [0.2, 0.25) is 0 Å². The smallest absolute Gasteiger partial charge is 0.335 e. The summed E-state index contributed by atoms with van der Waals surface area (Å²) in [6.45, 7) is 0. The summed E-state index contributed by atoms with van der Waals surface area (Å²) in [6, 6.07) is 7.31. The highest BCUT2D eigenvalue weighted by Gasteiger charge is 2.12. The van der Waals surface area contributed by atoms with Gasteiger partial charge in [-0.25, -0.2) is 0 Å². The molecule has 0 unspecified atom stereocenters. The fraction of sp³-hybridized carbons (Fsp3) is 0.0833. The third kappa shape index (κ3) is 1.85. The van der Waals surface area contributed by atoms with Gasteiger partial charge in [0.2, 0.25) is 6.20 Å². The molecular formula is C12H8N4O. The SMILES string of the molecule is COc1cccc2c[n+](C(=C=[N-])C#N)ncc12. The maximum absolute atomic E-state index is 8.76. The molecule has 0 bridgehead atoms. The van der Waals surface area contributed by atoms with Crippen LogP contribution in [0.4, 0.5) is 0 Å². The van der Waals surface area contributed by atoms with E-state index < -0.39 is 0 Å². The Labute approximate surface area is 97.7 Å². The Bertz CT molecular complexity index is 666. The van der Waals surface area contributed by atoms with Gasteiger partial charge in [-0.3, -0.25) is 0 Å². The molecule has 0 aliphatic rings. The number of fused-ring (bicyclic) bond motifs is 1. The molecule has 0 saturated carbocycles. The zero-order valence-electron chi connectivity index (χ0n) is 9.08. The summed E-state index contributed by atoms with van der Waals surface area (Å²) in [7, 11) is 1.58. The Morgan fingerprint density at radius 3 is 3.00 bits per heavy atom. The van der Waals surface area contributed by atoms with Gasteiger partial charge >= 0.3 is 5.70 Å². The average molecular weight is 224 g/mol. The summed E-state index contributed by atoms with van der Waals surface area (Å²) in [5.41, 5.74) is -0.0743. The molecule has 0 amide bonds. The molecule has 2 aromatic rings. The van der Waals surface area contributed by atoms with E-state index in [1.807, 2.05) is 18.2 Å². The summed E-state index contributed by atoms with van der Waals surface area (Å²) in [5.74, 6) is 2.49. The molecule has 0 N–H and O–H groups in total. The van der Waals surface area contributed by atoms with Gasteiger partial charge in [-0.1, -0.05) is 6.07 Å². The zero-order valence-corrected chi connectivity index (χ0v) is 9.08. The van der Waals surface area contributed by atoms with Crippen LogP contribution in [0, 0.1) is 11.3 Å². The first-order chi connectivity index (χ1) is 8.30. The molecule has 17 heavy (non-hydrogen) atoms. The van der Waals surface area contributed by atoms with Crippen molar-refractivity contribution >= 4 is 22.3 Å². The number of nitrogens with zero attached hydrogens (tertiary/aromatic N) is 4. The van der Waals surface area contributed by atoms with Crippen molar-refractivity contribution in [1.82, 2.24) is 5.10 Å². The van der Waals surface area contributed by atoms with Crippen molar-refractivity contribution in [2.24, 2.45) is 0 Å². The molecule has 0 fully saturated rings. The fourth-order valence-electron chi connectivity index (χ4n) is 1.52. The maximum Gasteiger partial charge on any atom is 0.335 e. The molecule has 0 atom stereocenters. The van der Waals surface area contributed by atoms with Crippen LogP contribution in [0.15, 0.2) is 30.6 Å². The molecule has 0 spiro atoms. The monoisotopic (exact) mass is 224 g/mol. The van der Waals surface area contributed by atoms with Crippen molar-refractivity contribution in [1.29, 1.82) is 5.26 Å². The summed E-state index contributed by atoms with van der Waals surface area (Å²) in [6.07, 6.45) is 3.20. The van der Waals surface area contributed by atoms with E-state index in [2.05, 4.69) is 5.10 Å². The Morgan fingerprint density at radius 1 is 1.53 bits per heavy atom. The first-order valence-electron chi connectivity index (χ1n) is 4.82. The molecule has 1 aromatic carbocycles. The van der Waals surface area contributed by atoms with Gasteiger partial charge in [0.1, 0.15) is 11.9 Å². The number of benzene rings is 1. The predicted octanol–water partition coefficient (Wildman–Crippen LogP) is 1.13. The minimum Gasteiger partial charge on any atom is -0.757 e. The minimum atomic E-state index is -0.0743. The van der Waals surface area contributed by atoms with Crippen molar-refractivity contribution in [2.45, 2.75) is 0 Å². The highest BCUT2D eigenvalue weighted by Crippen LogP contribution is 2.22. The number of hydrogen-bond acceptors (Lipinski definition) is 3. The van der Waals surface area contributed by atoms with Crippen LogP contribution >= 0.6 is 0 Å². The van der Waals surface area contributed by atoms with Crippen molar-refractivity contribution in [3.8, 4) is 11.8 Å². The molecule has 1 heterocycles. The molecule has 82 valence electrons. The van der Waals surface area contributed by atoms with Crippen LogP contribution in [0.3, 0.4) is 0 Å². The van der Waals surface area contributed by atoms with Crippen molar-refractivity contribution in [2.75, 3.05) is 7.11 Å². The van der Waals surface area contributed by atoms with Crippen LogP contribution in [-0.4, -0.2) is 18.1 Å². The van der Waals surface area contributed by atoms with Gasteiger partial charge in [0.15, 0.2) is 6.07 Å². The van der Waals surface area contributed by atoms with Gasteiger partial charge < -0.3 is 10.1 Å². The largest absolute Gasteiger partial charge is 0.757 e. The van der Waals surface area contributed by atoms with E-state index in [1.165, 1.54) is 4.68 Å². The molecule has 0 aliphatic carbocycles. The van der Waals surface area contributed by atoms with E-state index in [1.54, 1.807) is 31.4 Å². The molecule has 0 radical (unpaired) electrons. The Balaban J connectivity index is 2.68. The normalized spacial score (nSPS) is 9.41. The van der Waals surface area contributed by atoms with Gasteiger partial charge in [0.25, 0.3) is 0 Å². The predicted molar refractivity (Wildman–Crippen MR) is 62.2 cm³/mol. The number of nitriles is 1. The number of allylic oxidation sites excluding steroid dienone is 1. The van der Waals surface area contributed by atoms with E-state index >= 15 is 0 Å². The lowest BCUT2D eigenvalue weighted by molar-refractivity contribution is -0.639. The van der Waals surface area contributed by atoms with Crippen molar-refractivity contribution in [3.05, 3.63) is 36.0 Å². The van der Waals surface area contributed by atoms with Gasteiger partial charge in [0, 0.05) is 0 Å². The van der Waals surface area contributed by atoms with Gasteiger partial charge in [-0.05, 0) is 21.9 Å². The number of rotatable bonds is 2. The van der Waals surface area contributed by atoms with Crippen LogP contribution in [0.5, 0.6) is 5.75 Å². The molecular weight excluding hydrogens is 216 g/mol. The van der Waals surface area contributed by atoms with Crippen LogP contribution in [0.1, 0.15) is 0 Å². The summed E-state index contributed by atoms with van der Waals surface area (Å²) in [5, 5.41) is 23.2. The Hall–Kier alpha value is -2.70. The number of hydrogen-bond donors (Lipinski definition) is 0. The lowest BCUT2D eigenvalue weighted by Crippen LogP contribution is -2.35. The van der Waals surface area contributed by atoms with E-state index in [0.29, 0.717) is 5.75 Å². The van der Waals surface area contributed by atoms with Gasteiger partial charge in [-0.2, -0.15) is 11.1 Å². The third-order valence-corrected chi connectivity index (χ3v) is 2.33. The minimum absolute atomic E-state index is 0.0743.